The van der Waals surface area contributed by atoms with E-state index < -0.39 is 15.1 Å². The largest absolute Gasteiger partial charge is 0.380 e. The Balaban J connectivity index is 0.00000261. The Bertz CT molecular complexity index is 878. The summed E-state index contributed by atoms with van der Waals surface area (Å²) in [6, 6.07) is 11.2. The standard InChI is InChI=1S/C20H25ClN2O2S.CH4/c1-14(2)26(24,25)17-6-3-15(4-7-17)13-23-20-18-10-12-22-11-9-16(18)5-8-19(20)21;/h3-8,14,22-23H,9-13H2,1-2H3;1H4. The molecule has 0 atom stereocenters. The van der Waals surface area contributed by atoms with E-state index in [-0.39, 0.29) is 7.43 Å². The zero-order valence-corrected chi connectivity index (χ0v) is 16.8. The number of hydrogen-bond acceptors (Lipinski definition) is 4. The van der Waals surface area contributed by atoms with Gasteiger partial charge in [0.2, 0.25) is 0 Å². The maximum atomic E-state index is 12.2. The Labute approximate surface area is 168 Å². The summed E-state index contributed by atoms with van der Waals surface area (Å²) in [5.74, 6) is 0. The second kappa shape index (κ2) is 9.09. The predicted octanol–water partition coefficient (Wildman–Crippen LogP) is 4.46. The topological polar surface area (TPSA) is 58.2 Å². The molecule has 0 spiro atoms. The number of nitrogens with one attached hydrogen (secondary N) is 2. The minimum Gasteiger partial charge on any atom is -0.380 e. The minimum atomic E-state index is -3.23. The van der Waals surface area contributed by atoms with Crippen LogP contribution in [0.2, 0.25) is 5.02 Å². The van der Waals surface area contributed by atoms with E-state index in [1.807, 2.05) is 18.2 Å². The summed E-state index contributed by atoms with van der Waals surface area (Å²) in [6.45, 7) is 5.93. The van der Waals surface area contributed by atoms with Gasteiger partial charge in [-0.3, -0.25) is 0 Å². The van der Waals surface area contributed by atoms with E-state index in [9.17, 15) is 8.42 Å². The molecule has 4 nitrogen and oxygen atoms in total. The van der Waals surface area contributed by atoms with Crippen LogP contribution in [0.4, 0.5) is 5.69 Å². The number of halogens is 1. The van der Waals surface area contributed by atoms with Crippen molar-refractivity contribution in [1.82, 2.24) is 5.32 Å². The molecule has 0 bridgehead atoms. The van der Waals surface area contributed by atoms with Gasteiger partial charge in [-0.2, -0.15) is 0 Å². The molecule has 0 aromatic heterocycles. The maximum Gasteiger partial charge on any atom is 0.180 e. The predicted molar refractivity (Wildman–Crippen MR) is 115 cm³/mol. The van der Waals surface area contributed by atoms with Gasteiger partial charge in [0.05, 0.1) is 20.9 Å². The Hall–Kier alpha value is -1.56. The van der Waals surface area contributed by atoms with Gasteiger partial charge in [0.15, 0.2) is 9.84 Å². The molecule has 0 aliphatic carbocycles. The molecule has 0 radical (unpaired) electrons. The molecule has 27 heavy (non-hydrogen) atoms. The molecule has 2 aromatic carbocycles. The average Bonchev–Trinajstić information content (AvgIpc) is 2.86. The van der Waals surface area contributed by atoms with E-state index in [0.29, 0.717) is 11.4 Å². The Morgan fingerprint density at radius 2 is 1.74 bits per heavy atom. The van der Waals surface area contributed by atoms with E-state index in [4.69, 9.17) is 11.6 Å². The van der Waals surface area contributed by atoms with Crippen molar-refractivity contribution < 1.29 is 8.42 Å². The molecule has 2 N–H and O–H groups in total. The second-order valence-corrected chi connectivity index (χ2v) is 9.81. The zero-order valence-electron chi connectivity index (χ0n) is 15.2. The van der Waals surface area contributed by atoms with E-state index in [0.717, 1.165) is 42.2 Å². The first-order valence-corrected chi connectivity index (χ1v) is 10.9. The summed E-state index contributed by atoms with van der Waals surface area (Å²) < 4.78 is 24.4. The lowest BCUT2D eigenvalue weighted by Gasteiger charge is -2.16. The highest BCUT2D eigenvalue weighted by Crippen LogP contribution is 2.31. The zero-order chi connectivity index (χ0) is 18.7. The van der Waals surface area contributed by atoms with Gasteiger partial charge >= 0.3 is 0 Å². The monoisotopic (exact) mass is 408 g/mol. The van der Waals surface area contributed by atoms with E-state index in [2.05, 4.69) is 16.7 Å². The third-order valence-electron chi connectivity index (χ3n) is 4.82. The van der Waals surface area contributed by atoms with Gasteiger partial charge < -0.3 is 10.6 Å². The van der Waals surface area contributed by atoms with E-state index in [1.165, 1.54) is 11.1 Å². The molecular weight excluding hydrogens is 380 g/mol. The van der Waals surface area contributed by atoms with Crippen LogP contribution in [0.5, 0.6) is 0 Å². The Morgan fingerprint density at radius 3 is 2.41 bits per heavy atom. The molecule has 6 heteroatoms. The first-order chi connectivity index (χ1) is 12.4. The molecule has 0 fully saturated rings. The quantitative estimate of drug-likeness (QED) is 0.766. The van der Waals surface area contributed by atoms with Gasteiger partial charge in [0.25, 0.3) is 0 Å². The highest BCUT2D eigenvalue weighted by Gasteiger charge is 2.19. The lowest BCUT2D eigenvalue weighted by molar-refractivity contribution is 0.587. The van der Waals surface area contributed by atoms with Crippen molar-refractivity contribution in [2.45, 2.75) is 50.8 Å². The summed E-state index contributed by atoms with van der Waals surface area (Å²) in [5.41, 5.74) is 4.63. The van der Waals surface area contributed by atoms with E-state index >= 15 is 0 Å². The highest BCUT2D eigenvalue weighted by atomic mass is 35.5. The van der Waals surface area contributed by atoms with Crippen molar-refractivity contribution in [3.8, 4) is 0 Å². The van der Waals surface area contributed by atoms with Gasteiger partial charge in [0, 0.05) is 6.54 Å². The van der Waals surface area contributed by atoms with Crippen molar-refractivity contribution in [2.75, 3.05) is 18.4 Å². The molecule has 2 aromatic rings. The lowest BCUT2D eigenvalue weighted by Crippen LogP contribution is -2.16. The fourth-order valence-corrected chi connectivity index (χ4v) is 4.50. The molecule has 3 rings (SSSR count). The first-order valence-electron chi connectivity index (χ1n) is 8.97. The van der Waals surface area contributed by atoms with Crippen LogP contribution in [0.25, 0.3) is 0 Å². The number of benzene rings is 2. The van der Waals surface area contributed by atoms with Crippen LogP contribution in [0.15, 0.2) is 41.3 Å². The maximum absolute atomic E-state index is 12.2. The number of sulfone groups is 1. The van der Waals surface area contributed by atoms with Gasteiger partial charge in [-0.15, -0.1) is 0 Å². The van der Waals surface area contributed by atoms with Gasteiger partial charge in [-0.1, -0.05) is 37.2 Å². The minimum absolute atomic E-state index is 0. The van der Waals surface area contributed by atoms with Crippen LogP contribution in [0, 0.1) is 0 Å². The Morgan fingerprint density at radius 1 is 1.07 bits per heavy atom. The second-order valence-electron chi connectivity index (χ2n) is 6.90. The van der Waals surface area contributed by atoms with Crippen LogP contribution in [-0.2, 0) is 29.2 Å². The summed E-state index contributed by atoms with van der Waals surface area (Å²) in [5, 5.41) is 7.18. The number of hydrogen-bond donors (Lipinski definition) is 2. The van der Waals surface area contributed by atoms with Crippen LogP contribution >= 0.6 is 11.6 Å². The van der Waals surface area contributed by atoms with E-state index in [1.54, 1.807) is 26.0 Å². The third-order valence-corrected chi connectivity index (χ3v) is 7.31. The van der Waals surface area contributed by atoms with Crippen molar-refractivity contribution in [3.05, 3.63) is 58.1 Å². The average molecular weight is 409 g/mol. The van der Waals surface area contributed by atoms with Crippen molar-refractivity contribution in [3.63, 3.8) is 0 Å². The molecule has 1 aliphatic heterocycles. The molecule has 148 valence electrons. The summed E-state index contributed by atoms with van der Waals surface area (Å²) in [6.07, 6.45) is 1.95. The van der Waals surface area contributed by atoms with Crippen LogP contribution in [0.3, 0.4) is 0 Å². The molecular formula is C21H29ClN2O2S. The molecule has 1 heterocycles. The number of rotatable bonds is 5. The lowest BCUT2D eigenvalue weighted by atomic mass is 10.0. The number of anilines is 1. The number of fused-ring (bicyclic) bond motifs is 1. The van der Waals surface area contributed by atoms with Gasteiger partial charge in [0.1, 0.15) is 0 Å². The molecule has 0 unspecified atom stereocenters. The summed E-state index contributed by atoms with van der Waals surface area (Å²) >= 11 is 6.44. The first kappa shape index (κ1) is 21.7. The third kappa shape index (κ3) is 4.84. The molecule has 0 saturated carbocycles. The van der Waals surface area contributed by atoms with Crippen LogP contribution in [0.1, 0.15) is 38.0 Å². The molecule has 1 aliphatic rings. The summed E-state index contributed by atoms with van der Waals surface area (Å²) in [4.78, 5) is 0.369. The van der Waals surface area contributed by atoms with Crippen LogP contribution in [-0.4, -0.2) is 26.8 Å². The normalized spacial score (nSPS) is 14.2. The Kier molecular flexibility index (Phi) is 7.32. The van der Waals surface area contributed by atoms with Crippen molar-refractivity contribution >= 4 is 27.1 Å². The summed E-state index contributed by atoms with van der Waals surface area (Å²) in [7, 11) is -3.23. The fraction of sp³-hybridized carbons (Fsp3) is 0.429. The van der Waals surface area contributed by atoms with Crippen molar-refractivity contribution in [2.24, 2.45) is 0 Å². The van der Waals surface area contributed by atoms with Gasteiger partial charge in [-0.05, 0) is 74.7 Å². The highest BCUT2D eigenvalue weighted by molar-refractivity contribution is 7.92. The molecule has 0 amide bonds. The smallest absolute Gasteiger partial charge is 0.180 e. The van der Waals surface area contributed by atoms with Crippen molar-refractivity contribution in [1.29, 1.82) is 0 Å². The SMILES string of the molecule is C.CC(C)S(=O)(=O)c1ccc(CNc2c(Cl)ccc3c2CCNCC3)cc1. The van der Waals surface area contributed by atoms with Crippen LogP contribution < -0.4 is 10.6 Å². The fourth-order valence-electron chi connectivity index (χ4n) is 3.19. The van der Waals surface area contributed by atoms with Gasteiger partial charge in [-0.25, -0.2) is 8.42 Å². The molecule has 0 saturated heterocycles.